The first kappa shape index (κ1) is 18.1. The van der Waals surface area contributed by atoms with Gasteiger partial charge in [-0.3, -0.25) is 0 Å². The van der Waals surface area contributed by atoms with Crippen molar-refractivity contribution in [2.75, 3.05) is 0 Å². The molecule has 3 aromatic rings. The third-order valence-corrected chi connectivity index (χ3v) is 5.32. The van der Waals surface area contributed by atoms with Gasteiger partial charge in [-0.1, -0.05) is 42.8 Å². The standard InChI is InChI=1S/C18H18BClN2O2S/c1-3-14-11(2)21-18(16-8-9-17(20)25-16)22-15(14)10-12-4-6-13(7-5-12)19(23)24/h4-9,23-24H,3,10H2,1-2H3. The second kappa shape index (κ2) is 7.66. The van der Waals surface area contributed by atoms with Crippen molar-refractivity contribution in [2.45, 2.75) is 26.7 Å². The highest BCUT2D eigenvalue weighted by atomic mass is 35.5. The second-order valence-corrected chi connectivity index (χ2v) is 7.52. The average Bonchev–Trinajstić information content (AvgIpc) is 3.01. The smallest absolute Gasteiger partial charge is 0.423 e. The summed E-state index contributed by atoms with van der Waals surface area (Å²) < 4.78 is 0.718. The van der Waals surface area contributed by atoms with E-state index in [1.54, 1.807) is 12.1 Å². The molecule has 2 N–H and O–H groups in total. The van der Waals surface area contributed by atoms with Crippen LogP contribution in [0.3, 0.4) is 0 Å². The summed E-state index contributed by atoms with van der Waals surface area (Å²) in [5, 5.41) is 18.4. The maximum atomic E-state index is 9.21. The Morgan fingerprint density at radius 2 is 1.80 bits per heavy atom. The molecule has 128 valence electrons. The molecule has 1 aromatic carbocycles. The minimum Gasteiger partial charge on any atom is -0.423 e. The van der Waals surface area contributed by atoms with E-state index in [-0.39, 0.29) is 0 Å². The Balaban J connectivity index is 1.97. The number of halogens is 1. The Labute approximate surface area is 156 Å². The normalized spacial score (nSPS) is 10.9. The summed E-state index contributed by atoms with van der Waals surface area (Å²) in [5.41, 5.74) is 4.67. The molecule has 2 heterocycles. The van der Waals surface area contributed by atoms with E-state index in [2.05, 4.69) is 11.9 Å². The summed E-state index contributed by atoms with van der Waals surface area (Å²) in [7, 11) is -1.45. The Bertz CT molecular complexity index is 881. The van der Waals surface area contributed by atoms with Gasteiger partial charge in [0.1, 0.15) is 0 Å². The van der Waals surface area contributed by atoms with Gasteiger partial charge in [0.25, 0.3) is 0 Å². The Hall–Kier alpha value is -1.73. The van der Waals surface area contributed by atoms with Crippen molar-refractivity contribution in [3.8, 4) is 10.7 Å². The third-order valence-electron chi connectivity index (χ3n) is 4.10. The molecule has 0 unspecified atom stereocenters. The fourth-order valence-electron chi connectivity index (χ4n) is 2.81. The molecule has 3 rings (SSSR count). The van der Waals surface area contributed by atoms with Crippen LogP contribution in [0.2, 0.25) is 4.34 Å². The Kier molecular flexibility index (Phi) is 5.54. The molecule has 4 nitrogen and oxygen atoms in total. The van der Waals surface area contributed by atoms with Gasteiger partial charge in [0.05, 0.1) is 14.9 Å². The van der Waals surface area contributed by atoms with Gasteiger partial charge in [-0.15, -0.1) is 11.3 Å². The highest BCUT2D eigenvalue weighted by Gasteiger charge is 2.15. The molecule has 0 saturated carbocycles. The van der Waals surface area contributed by atoms with Crippen molar-refractivity contribution in [1.82, 2.24) is 9.97 Å². The van der Waals surface area contributed by atoms with Crippen LogP contribution < -0.4 is 5.46 Å². The van der Waals surface area contributed by atoms with Crippen LogP contribution in [0.4, 0.5) is 0 Å². The topological polar surface area (TPSA) is 66.2 Å². The van der Waals surface area contributed by atoms with Crippen LogP contribution in [-0.2, 0) is 12.8 Å². The van der Waals surface area contributed by atoms with E-state index in [0.29, 0.717) is 17.7 Å². The van der Waals surface area contributed by atoms with E-state index in [9.17, 15) is 10.0 Å². The lowest BCUT2D eigenvalue weighted by atomic mass is 9.80. The van der Waals surface area contributed by atoms with Crippen molar-refractivity contribution in [2.24, 2.45) is 0 Å². The Morgan fingerprint density at radius 1 is 1.08 bits per heavy atom. The number of benzene rings is 1. The molecule has 7 heteroatoms. The first-order valence-electron chi connectivity index (χ1n) is 8.05. The molecule has 25 heavy (non-hydrogen) atoms. The van der Waals surface area contributed by atoms with Gasteiger partial charge in [-0.05, 0) is 42.1 Å². The van der Waals surface area contributed by atoms with E-state index < -0.39 is 7.12 Å². The number of aryl methyl sites for hydroxylation is 1. The van der Waals surface area contributed by atoms with E-state index in [1.807, 2.05) is 31.2 Å². The van der Waals surface area contributed by atoms with Gasteiger partial charge in [0.2, 0.25) is 0 Å². The molecular formula is C18H18BClN2O2S. The molecule has 0 fully saturated rings. The molecule has 0 aliphatic rings. The SMILES string of the molecule is CCc1c(C)nc(-c2ccc(Cl)s2)nc1Cc1ccc(B(O)O)cc1. The molecule has 0 aliphatic heterocycles. The molecule has 0 saturated heterocycles. The highest BCUT2D eigenvalue weighted by Crippen LogP contribution is 2.30. The molecule has 0 aliphatic carbocycles. The predicted molar refractivity (Wildman–Crippen MR) is 104 cm³/mol. The maximum Gasteiger partial charge on any atom is 0.488 e. The summed E-state index contributed by atoms with van der Waals surface area (Å²) in [6, 6.07) is 11.0. The van der Waals surface area contributed by atoms with E-state index >= 15 is 0 Å². The highest BCUT2D eigenvalue weighted by molar-refractivity contribution is 7.19. The van der Waals surface area contributed by atoms with Crippen LogP contribution in [0.1, 0.15) is 29.4 Å². The lowest BCUT2D eigenvalue weighted by molar-refractivity contribution is 0.426. The van der Waals surface area contributed by atoms with E-state index in [4.69, 9.17) is 16.6 Å². The summed E-state index contributed by atoms with van der Waals surface area (Å²) in [6.45, 7) is 4.11. The predicted octanol–water partition coefficient (Wildman–Crippen LogP) is 3.00. The summed E-state index contributed by atoms with van der Waals surface area (Å²) in [6.07, 6.45) is 1.53. The zero-order valence-electron chi connectivity index (χ0n) is 14.0. The van der Waals surface area contributed by atoms with Gasteiger partial charge < -0.3 is 10.0 Å². The van der Waals surface area contributed by atoms with Gasteiger partial charge in [0.15, 0.2) is 5.82 Å². The number of hydrogen-bond acceptors (Lipinski definition) is 5. The molecule has 0 spiro atoms. The van der Waals surface area contributed by atoms with Crippen LogP contribution >= 0.6 is 22.9 Å². The average molecular weight is 373 g/mol. The minimum absolute atomic E-state index is 0.479. The van der Waals surface area contributed by atoms with Gasteiger partial charge in [-0.2, -0.15) is 0 Å². The fourth-order valence-corrected chi connectivity index (χ4v) is 3.78. The minimum atomic E-state index is -1.45. The van der Waals surface area contributed by atoms with Crippen LogP contribution in [0.15, 0.2) is 36.4 Å². The molecule has 0 atom stereocenters. The monoisotopic (exact) mass is 372 g/mol. The van der Waals surface area contributed by atoms with Crippen LogP contribution in [0.5, 0.6) is 0 Å². The first-order valence-corrected chi connectivity index (χ1v) is 9.24. The number of nitrogens with zero attached hydrogens (tertiary/aromatic N) is 2. The number of aromatic nitrogens is 2. The van der Waals surface area contributed by atoms with Crippen LogP contribution in [-0.4, -0.2) is 27.1 Å². The van der Waals surface area contributed by atoms with Crippen LogP contribution in [0, 0.1) is 6.92 Å². The molecule has 0 radical (unpaired) electrons. The molecule has 0 amide bonds. The van der Waals surface area contributed by atoms with Crippen molar-refractivity contribution in [3.63, 3.8) is 0 Å². The summed E-state index contributed by atoms with van der Waals surface area (Å²) in [5.74, 6) is 0.698. The number of hydrogen-bond donors (Lipinski definition) is 2. The zero-order chi connectivity index (χ0) is 18.0. The summed E-state index contributed by atoms with van der Waals surface area (Å²) >= 11 is 7.51. The van der Waals surface area contributed by atoms with Gasteiger partial charge in [-0.25, -0.2) is 9.97 Å². The van der Waals surface area contributed by atoms with Crippen molar-refractivity contribution in [1.29, 1.82) is 0 Å². The van der Waals surface area contributed by atoms with Crippen molar-refractivity contribution in [3.05, 3.63) is 63.2 Å². The van der Waals surface area contributed by atoms with Gasteiger partial charge in [0, 0.05) is 12.1 Å². The fraction of sp³-hybridized carbons (Fsp3) is 0.222. The molecule has 2 aromatic heterocycles. The lowest BCUT2D eigenvalue weighted by Crippen LogP contribution is -2.29. The summed E-state index contributed by atoms with van der Waals surface area (Å²) in [4.78, 5) is 10.4. The van der Waals surface area contributed by atoms with Gasteiger partial charge >= 0.3 is 7.12 Å². The zero-order valence-corrected chi connectivity index (χ0v) is 15.6. The first-order chi connectivity index (χ1) is 12.0. The number of thiophene rings is 1. The van der Waals surface area contributed by atoms with Crippen LogP contribution in [0.25, 0.3) is 10.7 Å². The third kappa shape index (κ3) is 4.10. The van der Waals surface area contributed by atoms with E-state index in [1.165, 1.54) is 11.3 Å². The largest absolute Gasteiger partial charge is 0.488 e. The van der Waals surface area contributed by atoms with E-state index in [0.717, 1.165) is 38.1 Å². The molecule has 0 bridgehead atoms. The Morgan fingerprint density at radius 3 is 2.36 bits per heavy atom. The van der Waals surface area contributed by atoms with Crippen molar-refractivity contribution >= 4 is 35.5 Å². The second-order valence-electron chi connectivity index (χ2n) is 5.81. The quantitative estimate of drug-likeness (QED) is 0.676. The lowest BCUT2D eigenvalue weighted by Gasteiger charge is -2.12. The number of rotatable bonds is 5. The maximum absolute atomic E-state index is 9.21. The molecular weight excluding hydrogens is 355 g/mol. The van der Waals surface area contributed by atoms with Crippen molar-refractivity contribution < 1.29 is 10.0 Å².